The zero-order valence-corrected chi connectivity index (χ0v) is 10.6. The Morgan fingerprint density at radius 2 is 2.33 bits per heavy atom. The van der Waals surface area contributed by atoms with E-state index in [1.807, 2.05) is 29.8 Å². The molecule has 0 saturated carbocycles. The molecule has 96 valence electrons. The summed E-state index contributed by atoms with van der Waals surface area (Å²) in [6, 6.07) is 5.89. The van der Waals surface area contributed by atoms with Gasteiger partial charge in [0.15, 0.2) is 0 Å². The molecule has 0 bridgehead atoms. The lowest BCUT2D eigenvalue weighted by Gasteiger charge is -2.04. The van der Waals surface area contributed by atoms with Crippen molar-refractivity contribution in [3.8, 4) is 0 Å². The van der Waals surface area contributed by atoms with Crippen molar-refractivity contribution < 1.29 is 9.53 Å². The molecule has 0 aliphatic heterocycles. The summed E-state index contributed by atoms with van der Waals surface area (Å²) in [5.41, 5.74) is 2.95. The minimum Gasteiger partial charge on any atom is -0.383 e. The Morgan fingerprint density at radius 3 is 3.11 bits per heavy atom. The highest BCUT2D eigenvalue weighted by atomic mass is 16.5. The molecular weight excluding hydrogens is 230 g/mol. The maximum absolute atomic E-state index is 11.6. The first kappa shape index (κ1) is 12.6. The SMILES string of the molecule is COCCNC(=O)Cc1ccc2c(c1)ncn2C. The van der Waals surface area contributed by atoms with Crippen LogP contribution in [-0.4, -0.2) is 35.7 Å². The molecule has 0 fully saturated rings. The smallest absolute Gasteiger partial charge is 0.224 e. The number of methoxy groups -OCH3 is 1. The average molecular weight is 247 g/mol. The molecule has 1 N–H and O–H groups in total. The van der Waals surface area contributed by atoms with Crippen molar-refractivity contribution in [2.24, 2.45) is 7.05 Å². The first-order valence-corrected chi connectivity index (χ1v) is 5.86. The van der Waals surface area contributed by atoms with Crippen LogP contribution in [0.25, 0.3) is 11.0 Å². The summed E-state index contributed by atoms with van der Waals surface area (Å²) in [7, 11) is 3.56. The molecule has 18 heavy (non-hydrogen) atoms. The molecule has 5 heteroatoms. The number of aromatic nitrogens is 2. The third-order valence-corrected chi connectivity index (χ3v) is 2.78. The lowest BCUT2D eigenvalue weighted by Crippen LogP contribution is -2.28. The quantitative estimate of drug-likeness (QED) is 0.798. The summed E-state index contributed by atoms with van der Waals surface area (Å²) in [4.78, 5) is 15.9. The van der Waals surface area contributed by atoms with Gasteiger partial charge in [0.2, 0.25) is 5.91 Å². The van der Waals surface area contributed by atoms with E-state index in [4.69, 9.17) is 4.74 Å². The molecule has 0 aliphatic carbocycles. The molecule has 5 nitrogen and oxygen atoms in total. The van der Waals surface area contributed by atoms with E-state index in [9.17, 15) is 4.79 Å². The van der Waals surface area contributed by atoms with E-state index in [0.29, 0.717) is 19.6 Å². The van der Waals surface area contributed by atoms with Crippen LogP contribution in [0.4, 0.5) is 0 Å². The Bertz CT molecular complexity index is 548. The molecule has 0 spiro atoms. The summed E-state index contributed by atoms with van der Waals surface area (Å²) in [5, 5.41) is 2.80. The van der Waals surface area contributed by atoms with Crippen LogP contribution in [0.3, 0.4) is 0 Å². The Balaban J connectivity index is 2.01. The van der Waals surface area contributed by atoms with Gasteiger partial charge in [0.1, 0.15) is 0 Å². The molecule has 1 amide bonds. The van der Waals surface area contributed by atoms with Crippen LogP contribution < -0.4 is 5.32 Å². The fraction of sp³-hybridized carbons (Fsp3) is 0.385. The van der Waals surface area contributed by atoms with Crippen LogP contribution in [0.5, 0.6) is 0 Å². The monoisotopic (exact) mass is 247 g/mol. The van der Waals surface area contributed by atoms with Gasteiger partial charge in [0.25, 0.3) is 0 Å². The highest BCUT2D eigenvalue weighted by molar-refractivity contribution is 5.81. The second-order valence-electron chi connectivity index (χ2n) is 4.20. The number of rotatable bonds is 5. The summed E-state index contributed by atoms with van der Waals surface area (Å²) in [6.45, 7) is 1.08. The molecular formula is C13H17N3O2. The van der Waals surface area contributed by atoms with Gasteiger partial charge >= 0.3 is 0 Å². The predicted molar refractivity (Wildman–Crippen MR) is 69.3 cm³/mol. The van der Waals surface area contributed by atoms with Crippen molar-refractivity contribution in [3.63, 3.8) is 0 Å². The van der Waals surface area contributed by atoms with Crippen LogP contribution in [0.1, 0.15) is 5.56 Å². The van der Waals surface area contributed by atoms with Crippen molar-refractivity contribution in [2.75, 3.05) is 20.3 Å². The van der Waals surface area contributed by atoms with Crippen LogP contribution >= 0.6 is 0 Å². The van der Waals surface area contributed by atoms with E-state index in [1.165, 1.54) is 0 Å². The summed E-state index contributed by atoms with van der Waals surface area (Å²) in [5.74, 6) is 0.00216. The van der Waals surface area contributed by atoms with Gasteiger partial charge in [-0.1, -0.05) is 6.07 Å². The number of ether oxygens (including phenoxy) is 1. The molecule has 2 aromatic rings. The minimum absolute atomic E-state index is 0.00216. The van der Waals surface area contributed by atoms with Gasteiger partial charge in [-0.05, 0) is 17.7 Å². The van der Waals surface area contributed by atoms with Crippen LogP contribution in [-0.2, 0) is 23.0 Å². The zero-order chi connectivity index (χ0) is 13.0. The normalized spacial score (nSPS) is 10.8. The lowest BCUT2D eigenvalue weighted by molar-refractivity contribution is -0.120. The number of hydrogen-bond acceptors (Lipinski definition) is 3. The number of imidazole rings is 1. The first-order chi connectivity index (χ1) is 8.70. The van der Waals surface area contributed by atoms with Gasteiger partial charge in [-0.25, -0.2) is 4.98 Å². The van der Waals surface area contributed by atoms with Crippen LogP contribution in [0.2, 0.25) is 0 Å². The van der Waals surface area contributed by atoms with Crippen molar-refractivity contribution in [1.29, 1.82) is 0 Å². The highest BCUT2D eigenvalue weighted by Crippen LogP contribution is 2.14. The molecule has 0 saturated heterocycles. The van der Waals surface area contributed by atoms with E-state index < -0.39 is 0 Å². The fourth-order valence-electron chi connectivity index (χ4n) is 1.83. The largest absolute Gasteiger partial charge is 0.383 e. The fourth-order valence-corrected chi connectivity index (χ4v) is 1.83. The molecule has 1 aromatic heterocycles. The van der Waals surface area contributed by atoms with Gasteiger partial charge in [0, 0.05) is 20.7 Å². The van der Waals surface area contributed by atoms with Crippen molar-refractivity contribution in [3.05, 3.63) is 30.1 Å². The topological polar surface area (TPSA) is 56.1 Å². The number of fused-ring (bicyclic) bond motifs is 1. The maximum Gasteiger partial charge on any atom is 0.224 e. The maximum atomic E-state index is 11.6. The van der Waals surface area contributed by atoms with E-state index in [2.05, 4.69) is 10.3 Å². The van der Waals surface area contributed by atoms with Gasteiger partial charge in [-0.3, -0.25) is 4.79 Å². The standard InChI is InChI=1S/C13H17N3O2/c1-16-9-15-11-7-10(3-4-12(11)16)8-13(17)14-5-6-18-2/h3-4,7,9H,5-6,8H2,1-2H3,(H,14,17). The molecule has 2 rings (SSSR count). The Kier molecular flexibility index (Phi) is 3.94. The Morgan fingerprint density at radius 1 is 1.50 bits per heavy atom. The van der Waals surface area contributed by atoms with Crippen molar-refractivity contribution in [2.45, 2.75) is 6.42 Å². The number of hydrogen-bond donors (Lipinski definition) is 1. The third-order valence-electron chi connectivity index (χ3n) is 2.78. The van der Waals surface area contributed by atoms with Gasteiger partial charge in [-0.15, -0.1) is 0 Å². The van der Waals surface area contributed by atoms with E-state index in [0.717, 1.165) is 16.6 Å². The number of nitrogens with zero attached hydrogens (tertiary/aromatic N) is 2. The number of carbonyl (C=O) groups excluding carboxylic acids is 1. The van der Waals surface area contributed by atoms with Crippen LogP contribution in [0.15, 0.2) is 24.5 Å². The highest BCUT2D eigenvalue weighted by Gasteiger charge is 2.05. The van der Waals surface area contributed by atoms with E-state index >= 15 is 0 Å². The minimum atomic E-state index is 0.00216. The van der Waals surface area contributed by atoms with Crippen molar-refractivity contribution >= 4 is 16.9 Å². The number of aryl methyl sites for hydroxylation is 1. The second kappa shape index (κ2) is 5.64. The molecule has 0 unspecified atom stereocenters. The van der Waals surface area contributed by atoms with Crippen molar-refractivity contribution in [1.82, 2.24) is 14.9 Å². The zero-order valence-electron chi connectivity index (χ0n) is 10.6. The van der Waals surface area contributed by atoms with Gasteiger partial charge in [-0.2, -0.15) is 0 Å². The van der Waals surface area contributed by atoms with E-state index in [-0.39, 0.29) is 5.91 Å². The van der Waals surface area contributed by atoms with Crippen LogP contribution in [0, 0.1) is 0 Å². The molecule has 0 radical (unpaired) electrons. The molecule has 1 heterocycles. The first-order valence-electron chi connectivity index (χ1n) is 5.86. The van der Waals surface area contributed by atoms with Gasteiger partial charge in [0.05, 0.1) is 30.4 Å². The molecule has 0 aliphatic rings. The molecule has 0 atom stereocenters. The number of nitrogens with one attached hydrogen (secondary N) is 1. The summed E-state index contributed by atoms with van der Waals surface area (Å²) in [6.07, 6.45) is 2.14. The van der Waals surface area contributed by atoms with Gasteiger partial charge < -0.3 is 14.6 Å². The summed E-state index contributed by atoms with van der Waals surface area (Å²) < 4.78 is 6.83. The van der Waals surface area contributed by atoms with E-state index in [1.54, 1.807) is 13.4 Å². The average Bonchev–Trinajstić information content (AvgIpc) is 2.71. The third kappa shape index (κ3) is 2.87. The number of carbonyl (C=O) groups is 1. The Labute approximate surface area is 106 Å². The second-order valence-corrected chi connectivity index (χ2v) is 4.20. The number of benzene rings is 1. The lowest BCUT2D eigenvalue weighted by atomic mass is 10.1. The molecule has 1 aromatic carbocycles. The Hall–Kier alpha value is -1.88. The predicted octanol–water partition coefficient (Wildman–Crippen LogP) is 0.878. The summed E-state index contributed by atoms with van der Waals surface area (Å²) >= 11 is 0. The number of amides is 1.